The monoisotopic (exact) mass is 532 g/mol. The molecule has 13 heteroatoms. The van der Waals surface area contributed by atoms with Crippen LogP contribution in [0.2, 0.25) is 0 Å². The number of fused-ring (bicyclic) bond motifs is 1. The molecule has 0 radical (unpaired) electrons. The van der Waals surface area contributed by atoms with Crippen LogP contribution >= 0.6 is 15.9 Å². The standard InChI is InChI=1S/C21H16BrF3N8O/c22-15-9-12(10-29-19(15)32(27)8-6-26)31-20(34)14-11-30-33(18(14)21(23,24)25)17-5-1-4-16-13(17)3-2-7-28-16/h1-11H,26-27H2,(H,31,34)/b8-6-. The largest absolute Gasteiger partial charge is 0.434 e. The molecule has 0 aliphatic carbocycles. The number of hydrazine groups is 1. The van der Waals surface area contributed by atoms with Crippen LogP contribution in [0.3, 0.4) is 0 Å². The molecule has 3 heterocycles. The number of nitrogens with two attached hydrogens (primary N) is 2. The second-order valence-corrected chi connectivity index (χ2v) is 7.75. The van der Waals surface area contributed by atoms with Crippen LogP contribution in [0, 0.1) is 0 Å². The molecule has 0 saturated carbocycles. The van der Waals surface area contributed by atoms with Crippen LogP contribution in [0.5, 0.6) is 0 Å². The molecule has 34 heavy (non-hydrogen) atoms. The van der Waals surface area contributed by atoms with Crippen LogP contribution in [-0.2, 0) is 6.18 Å². The lowest BCUT2D eigenvalue weighted by Gasteiger charge is -2.15. The summed E-state index contributed by atoms with van der Waals surface area (Å²) in [6.45, 7) is 0. The van der Waals surface area contributed by atoms with Gasteiger partial charge in [0.1, 0.15) is 0 Å². The number of carbonyl (C=O) groups is 1. The van der Waals surface area contributed by atoms with Gasteiger partial charge < -0.3 is 11.1 Å². The van der Waals surface area contributed by atoms with E-state index < -0.39 is 23.3 Å². The highest BCUT2D eigenvalue weighted by Gasteiger charge is 2.41. The molecule has 3 aromatic heterocycles. The third kappa shape index (κ3) is 4.43. The number of aromatic nitrogens is 4. The number of hydrogen-bond acceptors (Lipinski definition) is 7. The first-order chi connectivity index (χ1) is 16.2. The predicted molar refractivity (Wildman–Crippen MR) is 124 cm³/mol. The van der Waals surface area contributed by atoms with E-state index in [9.17, 15) is 18.0 Å². The molecule has 9 nitrogen and oxygen atoms in total. The van der Waals surface area contributed by atoms with Gasteiger partial charge in [-0.05, 0) is 46.3 Å². The molecule has 0 spiro atoms. The maximum absolute atomic E-state index is 14.1. The van der Waals surface area contributed by atoms with E-state index in [0.29, 0.717) is 20.1 Å². The molecule has 0 aliphatic heterocycles. The van der Waals surface area contributed by atoms with Crippen LogP contribution in [0.1, 0.15) is 16.1 Å². The predicted octanol–water partition coefficient (Wildman–Crippen LogP) is 3.96. The van der Waals surface area contributed by atoms with E-state index in [1.54, 1.807) is 24.3 Å². The van der Waals surface area contributed by atoms with Gasteiger partial charge in [0, 0.05) is 24.0 Å². The molecule has 1 amide bonds. The molecule has 4 aromatic rings. The third-order valence-corrected chi connectivity index (χ3v) is 5.29. The van der Waals surface area contributed by atoms with Crippen molar-refractivity contribution in [1.29, 1.82) is 0 Å². The van der Waals surface area contributed by atoms with Gasteiger partial charge in [0.2, 0.25) is 0 Å². The smallest absolute Gasteiger partial charge is 0.403 e. The number of amides is 1. The lowest BCUT2D eigenvalue weighted by atomic mass is 10.1. The van der Waals surface area contributed by atoms with E-state index in [1.165, 1.54) is 36.9 Å². The summed E-state index contributed by atoms with van der Waals surface area (Å²) in [6, 6.07) is 9.39. The molecule has 0 fully saturated rings. The second-order valence-electron chi connectivity index (χ2n) is 6.90. The Hall–Kier alpha value is -3.97. The number of alkyl halides is 3. The first-order valence-corrected chi connectivity index (χ1v) is 10.4. The SMILES string of the molecule is N/C=C\N(N)c1ncc(NC(=O)c2cnn(-c3cccc4ncccc34)c2C(F)(F)F)cc1Br. The van der Waals surface area contributed by atoms with E-state index in [-0.39, 0.29) is 17.2 Å². The fraction of sp³-hybridized carbons (Fsp3) is 0.0476. The van der Waals surface area contributed by atoms with Gasteiger partial charge in [-0.3, -0.25) is 14.8 Å². The average Bonchev–Trinajstić information content (AvgIpc) is 3.25. The lowest BCUT2D eigenvalue weighted by molar-refractivity contribution is -0.143. The van der Waals surface area contributed by atoms with Crippen molar-refractivity contribution in [1.82, 2.24) is 19.7 Å². The Bertz CT molecular complexity index is 1400. The molecule has 0 aliphatic rings. The zero-order valence-electron chi connectivity index (χ0n) is 17.2. The van der Waals surface area contributed by atoms with Crippen molar-refractivity contribution in [3.8, 4) is 5.69 Å². The number of halogens is 4. The Morgan fingerprint density at radius 1 is 1.18 bits per heavy atom. The first-order valence-electron chi connectivity index (χ1n) is 9.59. The van der Waals surface area contributed by atoms with E-state index in [4.69, 9.17) is 11.6 Å². The molecule has 4 rings (SSSR count). The van der Waals surface area contributed by atoms with Gasteiger partial charge in [0.25, 0.3) is 5.91 Å². The Labute approximate surface area is 199 Å². The number of nitrogens with one attached hydrogen (secondary N) is 1. The summed E-state index contributed by atoms with van der Waals surface area (Å²) in [6.07, 6.45) is 1.33. The molecule has 1 aromatic carbocycles. The number of pyridine rings is 2. The van der Waals surface area contributed by atoms with Gasteiger partial charge in [0.15, 0.2) is 11.5 Å². The van der Waals surface area contributed by atoms with Gasteiger partial charge in [-0.1, -0.05) is 6.07 Å². The van der Waals surface area contributed by atoms with Crippen molar-refractivity contribution in [2.45, 2.75) is 6.18 Å². The second kappa shape index (κ2) is 9.11. The highest BCUT2D eigenvalue weighted by atomic mass is 79.9. The van der Waals surface area contributed by atoms with E-state index in [2.05, 4.69) is 36.3 Å². The van der Waals surface area contributed by atoms with Crippen LogP contribution in [-0.4, -0.2) is 25.7 Å². The molecular weight excluding hydrogens is 517 g/mol. The van der Waals surface area contributed by atoms with Crippen molar-refractivity contribution in [3.05, 3.63) is 83.1 Å². The Kier molecular flexibility index (Phi) is 6.22. The summed E-state index contributed by atoms with van der Waals surface area (Å²) >= 11 is 3.26. The van der Waals surface area contributed by atoms with Gasteiger partial charge in [-0.25, -0.2) is 15.5 Å². The molecule has 5 N–H and O–H groups in total. The summed E-state index contributed by atoms with van der Waals surface area (Å²) in [5.74, 6) is 5.02. The minimum atomic E-state index is -4.87. The summed E-state index contributed by atoms with van der Waals surface area (Å²) < 4.78 is 43.4. The quantitative estimate of drug-likeness (QED) is 0.262. The van der Waals surface area contributed by atoms with Crippen LogP contribution < -0.4 is 21.9 Å². The van der Waals surface area contributed by atoms with Crippen molar-refractivity contribution < 1.29 is 18.0 Å². The molecule has 0 bridgehead atoms. The molecular formula is C21H16BrF3N8O. The molecule has 174 valence electrons. The van der Waals surface area contributed by atoms with E-state index in [0.717, 1.165) is 11.2 Å². The van der Waals surface area contributed by atoms with Crippen molar-refractivity contribution in [3.63, 3.8) is 0 Å². The van der Waals surface area contributed by atoms with Crippen molar-refractivity contribution in [2.75, 3.05) is 10.3 Å². The average molecular weight is 533 g/mol. The number of hydrogen-bond donors (Lipinski definition) is 3. The third-order valence-electron chi connectivity index (χ3n) is 4.70. The zero-order chi connectivity index (χ0) is 24.5. The molecule has 0 unspecified atom stereocenters. The number of benzene rings is 1. The Morgan fingerprint density at radius 2 is 1.97 bits per heavy atom. The number of carbonyl (C=O) groups excluding carboxylic acids is 1. The Balaban J connectivity index is 1.72. The van der Waals surface area contributed by atoms with Gasteiger partial charge in [0.05, 0.1) is 39.3 Å². The van der Waals surface area contributed by atoms with Gasteiger partial charge in [-0.15, -0.1) is 0 Å². The van der Waals surface area contributed by atoms with E-state index in [1.807, 2.05) is 0 Å². The van der Waals surface area contributed by atoms with Crippen molar-refractivity contribution in [2.24, 2.45) is 11.6 Å². The van der Waals surface area contributed by atoms with Crippen molar-refractivity contribution >= 4 is 44.2 Å². The maximum Gasteiger partial charge on any atom is 0.434 e. The summed E-state index contributed by atoms with van der Waals surface area (Å²) in [4.78, 5) is 21.1. The summed E-state index contributed by atoms with van der Waals surface area (Å²) in [5.41, 5.74) is 4.20. The van der Waals surface area contributed by atoms with Crippen LogP contribution in [0.25, 0.3) is 16.6 Å². The highest BCUT2D eigenvalue weighted by Crippen LogP contribution is 2.35. The van der Waals surface area contributed by atoms with Gasteiger partial charge >= 0.3 is 6.18 Å². The summed E-state index contributed by atoms with van der Waals surface area (Å²) in [5, 5.41) is 7.87. The minimum absolute atomic E-state index is 0.140. The van der Waals surface area contributed by atoms with Crippen LogP contribution in [0.15, 0.2) is 71.9 Å². The fourth-order valence-electron chi connectivity index (χ4n) is 3.29. The fourth-order valence-corrected chi connectivity index (χ4v) is 3.85. The lowest BCUT2D eigenvalue weighted by Crippen LogP contribution is -2.26. The van der Waals surface area contributed by atoms with Gasteiger partial charge in [-0.2, -0.15) is 18.3 Å². The number of rotatable bonds is 5. The van der Waals surface area contributed by atoms with Crippen LogP contribution in [0.4, 0.5) is 24.7 Å². The topological polar surface area (TPSA) is 128 Å². The van der Waals surface area contributed by atoms with E-state index >= 15 is 0 Å². The Morgan fingerprint density at radius 3 is 2.68 bits per heavy atom. The summed E-state index contributed by atoms with van der Waals surface area (Å²) in [7, 11) is 0. The minimum Gasteiger partial charge on any atom is -0.403 e. The number of anilines is 2. The molecule has 0 saturated heterocycles. The first kappa shape index (κ1) is 23.2. The highest BCUT2D eigenvalue weighted by molar-refractivity contribution is 9.10. The zero-order valence-corrected chi connectivity index (χ0v) is 18.7. The molecule has 0 atom stereocenters. The number of nitrogens with zero attached hydrogens (tertiary/aromatic N) is 5. The maximum atomic E-state index is 14.1. The normalized spacial score (nSPS) is 11.8.